The van der Waals surface area contributed by atoms with Gasteiger partial charge in [0.1, 0.15) is 12.4 Å². The van der Waals surface area contributed by atoms with Crippen LogP contribution in [0.2, 0.25) is 0 Å². The van der Waals surface area contributed by atoms with Crippen LogP contribution in [-0.2, 0) is 17.9 Å². The van der Waals surface area contributed by atoms with Gasteiger partial charge in [0.25, 0.3) is 5.69 Å². The zero-order chi connectivity index (χ0) is 23.1. The molecule has 0 radical (unpaired) electrons. The Labute approximate surface area is 190 Å². The lowest BCUT2D eigenvalue weighted by atomic mass is 10.0. The van der Waals surface area contributed by atoms with Crippen molar-refractivity contribution in [2.24, 2.45) is 0 Å². The molecule has 0 aliphatic heterocycles. The molecule has 0 bridgehead atoms. The van der Waals surface area contributed by atoms with E-state index in [1.54, 1.807) is 6.07 Å². The molecular weight excluding hydrogens is 430 g/mol. The highest BCUT2D eigenvalue weighted by atomic mass is 32.2. The fourth-order valence-electron chi connectivity index (χ4n) is 2.97. The van der Waals surface area contributed by atoms with Gasteiger partial charge < -0.3 is 14.6 Å². The molecule has 32 heavy (non-hydrogen) atoms. The Kier molecular flexibility index (Phi) is 7.82. The molecule has 1 amide bonds. The highest BCUT2D eigenvalue weighted by molar-refractivity contribution is 7.99. The summed E-state index contributed by atoms with van der Waals surface area (Å²) in [5.41, 5.74) is 1.54. The summed E-state index contributed by atoms with van der Waals surface area (Å²) >= 11 is 1.25. The van der Waals surface area contributed by atoms with Crippen molar-refractivity contribution < 1.29 is 14.5 Å². The minimum atomic E-state index is -0.504. The Hall–Kier alpha value is -3.40. The molecule has 3 aromatic rings. The summed E-state index contributed by atoms with van der Waals surface area (Å²) in [6.07, 6.45) is 0. The van der Waals surface area contributed by atoms with Gasteiger partial charge in [-0.1, -0.05) is 43.8 Å². The largest absolute Gasteiger partial charge is 0.486 e. The van der Waals surface area contributed by atoms with Crippen molar-refractivity contribution in [2.45, 2.75) is 45.0 Å². The van der Waals surface area contributed by atoms with Crippen molar-refractivity contribution in [2.75, 3.05) is 11.1 Å². The van der Waals surface area contributed by atoms with Crippen LogP contribution in [0.1, 0.15) is 38.1 Å². The number of nitro groups is 1. The lowest BCUT2D eigenvalue weighted by molar-refractivity contribution is -0.384. The second-order valence-corrected chi connectivity index (χ2v) is 8.24. The molecule has 1 aromatic heterocycles. The highest BCUT2D eigenvalue weighted by Crippen LogP contribution is 2.22. The minimum Gasteiger partial charge on any atom is -0.486 e. The van der Waals surface area contributed by atoms with Gasteiger partial charge in [-0.2, -0.15) is 0 Å². The standard InChI is InChI=1S/C22H25N5O4S/c1-4-26-20(13-31-19-10-8-16(9-11-19)15(2)3)24-25-22(26)32-14-21(28)23-17-6-5-7-18(12-17)27(29)30/h5-12,15H,4,13-14H2,1-3H3,(H,23,28). The monoisotopic (exact) mass is 455 g/mol. The zero-order valence-electron chi connectivity index (χ0n) is 18.1. The van der Waals surface area contributed by atoms with Crippen LogP contribution in [0.15, 0.2) is 53.7 Å². The maximum atomic E-state index is 12.3. The van der Waals surface area contributed by atoms with Crippen molar-refractivity contribution in [1.82, 2.24) is 14.8 Å². The second kappa shape index (κ2) is 10.8. The van der Waals surface area contributed by atoms with Crippen LogP contribution >= 0.6 is 11.8 Å². The number of aromatic nitrogens is 3. The summed E-state index contributed by atoms with van der Waals surface area (Å²) in [6, 6.07) is 13.8. The molecular formula is C22H25N5O4S. The van der Waals surface area contributed by atoms with E-state index in [1.165, 1.54) is 35.5 Å². The maximum Gasteiger partial charge on any atom is 0.271 e. The number of nitro benzene ring substituents is 1. The number of nitrogens with one attached hydrogen (secondary N) is 1. The lowest BCUT2D eigenvalue weighted by Gasteiger charge is -2.10. The number of benzene rings is 2. The van der Waals surface area contributed by atoms with Crippen LogP contribution in [0.3, 0.4) is 0 Å². The molecule has 0 saturated heterocycles. The van der Waals surface area contributed by atoms with E-state index >= 15 is 0 Å². The van der Waals surface area contributed by atoms with E-state index in [0.29, 0.717) is 29.1 Å². The SMILES string of the molecule is CCn1c(COc2ccc(C(C)C)cc2)nnc1SCC(=O)Nc1cccc([N+](=O)[O-])c1. The summed E-state index contributed by atoms with van der Waals surface area (Å²) in [6.45, 7) is 7.15. The predicted octanol–water partition coefficient (Wildman–Crippen LogP) is 4.64. The van der Waals surface area contributed by atoms with Gasteiger partial charge in [0.15, 0.2) is 11.0 Å². The molecule has 10 heteroatoms. The van der Waals surface area contributed by atoms with E-state index in [0.717, 1.165) is 5.75 Å². The van der Waals surface area contributed by atoms with Crippen LogP contribution in [-0.4, -0.2) is 31.3 Å². The summed E-state index contributed by atoms with van der Waals surface area (Å²) in [4.78, 5) is 22.6. The molecule has 168 valence electrons. The molecule has 0 atom stereocenters. The fraction of sp³-hybridized carbons (Fsp3) is 0.318. The van der Waals surface area contributed by atoms with Crippen molar-refractivity contribution in [3.63, 3.8) is 0 Å². The van der Waals surface area contributed by atoms with Crippen molar-refractivity contribution in [3.8, 4) is 5.75 Å². The highest BCUT2D eigenvalue weighted by Gasteiger charge is 2.15. The molecule has 0 fully saturated rings. The van der Waals surface area contributed by atoms with Gasteiger partial charge in [0.05, 0.1) is 10.7 Å². The first-order valence-electron chi connectivity index (χ1n) is 10.2. The number of ether oxygens (including phenoxy) is 1. The number of hydrogen-bond donors (Lipinski definition) is 1. The Balaban J connectivity index is 1.56. The second-order valence-electron chi connectivity index (χ2n) is 7.30. The lowest BCUT2D eigenvalue weighted by Crippen LogP contribution is -2.15. The van der Waals surface area contributed by atoms with E-state index in [4.69, 9.17) is 4.74 Å². The number of nitrogens with zero attached hydrogens (tertiary/aromatic N) is 4. The molecule has 0 aliphatic carbocycles. The number of thioether (sulfide) groups is 1. The molecule has 3 rings (SSSR count). The Morgan fingerprint density at radius 1 is 1.22 bits per heavy atom. The molecule has 1 heterocycles. The maximum absolute atomic E-state index is 12.3. The number of rotatable bonds is 10. The van der Waals surface area contributed by atoms with Gasteiger partial charge in [0.2, 0.25) is 5.91 Å². The summed E-state index contributed by atoms with van der Waals surface area (Å²) in [5, 5.41) is 22.5. The van der Waals surface area contributed by atoms with E-state index in [-0.39, 0.29) is 24.0 Å². The first-order chi connectivity index (χ1) is 15.4. The van der Waals surface area contributed by atoms with Crippen LogP contribution < -0.4 is 10.1 Å². The normalized spacial score (nSPS) is 10.9. The molecule has 0 aliphatic rings. The van der Waals surface area contributed by atoms with Crippen LogP contribution in [0.4, 0.5) is 11.4 Å². The van der Waals surface area contributed by atoms with Crippen LogP contribution in [0, 0.1) is 10.1 Å². The quantitative estimate of drug-likeness (QED) is 0.269. The third-order valence-corrected chi connectivity index (χ3v) is 5.66. The Morgan fingerprint density at radius 2 is 1.97 bits per heavy atom. The average Bonchev–Trinajstić information content (AvgIpc) is 3.18. The van der Waals surface area contributed by atoms with Crippen LogP contribution in [0.5, 0.6) is 5.75 Å². The first-order valence-corrected chi connectivity index (χ1v) is 11.2. The molecule has 0 unspecified atom stereocenters. The van der Waals surface area contributed by atoms with Crippen molar-refractivity contribution in [3.05, 3.63) is 70.0 Å². The number of non-ortho nitro benzene ring substituents is 1. The number of hydrogen-bond acceptors (Lipinski definition) is 7. The zero-order valence-corrected chi connectivity index (χ0v) is 19.0. The third-order valence-electron chi connectivity index (χ3n) is 4.70. The van der Waals surface area contributed by atoms with Gasteiger partial charge in [-0.05, 0) is 36.6 Å². The number of carbonyl (C=O) groups is 1. The third kappa shape index (κ3) is 6.07. The molecule has 2 aromatic carbocycles. The Morgan fingerprint density at radius 3 is 2.62 bits per heavy atom. The first kappa shape index (κ1) is 23.3. The van der Waals surface area contributed by atoms with E-state index < -0.39 is 4.92 Å². The Bertz CT molecular complexity index is 1080. The molecule has 0 saturated carbocycles. The van der Waals surface area contributed by atoms with Crippen molar-refractivity contribution >= 4 is 29.0 Å². The molecule has 9 nitrogen and oxygen atoms in total. The summed E-state index contributed by atoms with van der Waals surface area (Å²) < 4.78 is 7.75. The van der Waals surface area contributed by atoms with Gasteiger partial charge >= 0.3 is 0 Å². The average molecular weight is 456 g/mol. The predicted molar refractivity (Wildman–Crippen MR) is 123 cm³/mol. The van der Waals surface area contributed by atoms with Gasteiger partial charge in [0, 0.05) is 24.4 Å². The number of amides is 1. The van der Waals surface area contributed by atoms with Crippen LogP contribution in [0.25, 0.3) is 0 Å². The topological polar surface area (TPSA) is 112 Å². The number of carbonyl (C=O) groups excluding carboxylic acids is 1. The fourth-order valence-corrected chi connectivity index (χ4v) is 3.79. The van der Waals surface area contributed by atoms with E-state index in [9.17, 15) is 14.9 Å². The smallest absolute Gasteiger partial charge is 0.271 e. The van der Waals surface area contributed by atoms with E-state index in [2.05, 4.69) is 29.4 Å². The number of anilines is 1. The van der Waals surface area contributed by atoms with Gasteiger partial charge in [-0.3, -0.25) is 14.9 Å². The molecule has 0 spiro atoms. The van der Waals surface area contributed by atoms with E-state index in [1.807, 2.05) is 35.8 Å². The van der Waals surface area contributed by atoms with Crippen molar-refractivity contribution in [1.29, 1.82) is 0 Å². The van der Waals surface area contributed by atoms with Gasteiger partial charge in [-0.25, -0.2) is 0 Å². The summed E-state index contributed by atoms with van der Waals surface area (Å²) in [5.74, 6) is 1.69. The molecule has 1 N–H and O–H groups in total. The minimum absolute atomic E-state index is 0.0790. The summed E-state index contributed by atoms with van der Waals surface area (Å²) in [7, 11) is 0. The van der Waals surface area contributed by atoms with Gasteiger partial charge in [-0.15, -0.1) is 10.2 Å².